The molecule has 1 N–H and O–H groups in total. The van der Waals surface area contributed by atoms with Crippen LogP contribution < -0.4 is 10.1 Å². The fraction of sp³-hybridized carbons (Fsp3) is 0.360. The lowest BCUT2D eigenvalue weighted by molar-refractivity contribution is -0.121. The molecular weight excluding hydrogens is 416 g/mol. The van der Waals surface area contributed by atoms with E-state index in [9.17, 15) is 4.79 Å². The van der Waals surface area contributed by atoms with Gasteiger partial charge in [0.05, 0.1) is 13.7 Å². The van der Waals surface area contributed by atoms with Crippen molar-refractivity contribution >= 4 is 12.0 Å². The van der Waals surface area contributed by atoms with Gasteiger partial charge in [-0.15, -0.1) is 10.2 Å². The second-order valence-corrected chi connectivity index (χ2v) is 8.02. The van der Waals surface area contributed by atoms with E-state index in [-0.39, 0.29) is 5.91 Å². The lowest BCUT2D eigenvalue weighted by Crippen LogP contribution is -2.28. The first-order valence-electron chi connectivity index (χ1n) is 11.3. The molecule has 0 atom stereocenters. The van der Waals surface area contributed by atoms with Crippen molar-refractivity contribution in [2.24, 2.45) is 0 Å². The standard InChI is InChI=1S/C25H30N6O2/c1-33-22-9-3-2-7-21(22)8-5-14-30-15-12-23-28-29-24(31(23)17-16-30)19-27-25(32)11-10-20-6-4-13-26-18-20/h2-9,13,18H,10-12,14-17,19H2,1H3,(H,27,32). The average molecular weight is 447 g/mol. The number of rotatable bonds is 9. The van der Waals surface area contributed by atoms with Crippen LogP contribution in [0.25, 0.3) is 6.08 Å². The molecule has 0 unspecified atom stereocenters. The number of aromatic nitrogens is 4. The van der Waals surface area contributed by atoms with Gasteiger partial charge in [0.2, 0.25) is 5.91 Å². The zero-order valence-electron chi connectivity index (χ0n) is 19.0. The smallest absolute Gasteiger partial charge is 0.220 e. The first-order valence-corrected chi connectivity index (χ1v) is 11.3. The molecule has 0 aliphatic carbocycles. The summed E-state index contributed by atoms with van der Waals surface area (Å²) in [6.45, 7) is 3.89. The SMILES string of the molecule is COc1ccccc1C=CCN1CCc2nnc(CNC(=O)CCc3cccnc3)n2CC1. The third-order valence-corrected chi connectivity index (χ3v) is 5.80. The summed E-state index contributed by atoms with van der Waals surface area (Å²) in [5.74, 6) is 2.67. The predicted octanol–water partition coefficient (Wildman–Crippen LogP) is 2.50. The second kappa shape index (κ2) is 11.4. The number of hydrogen-bond donors (Lipinski definition) is 1. The molecule has 3 aromatic rings. The number of nitrogens with one attached hydrogen (secondary N) is 1. The Morgan fingerprint density at radius 3 is 2.91 bits per heavy atom. The van der Waals surface area contributed by atoms with Crippen molar-refractivity contribution < 1.29 is 9.53 Å². The van der Waals surface area contributed by atoms with E-state index >= 15 is 0 Å². The Labute approximate surface area is 194 Å². The van der Waals surface area contributed by atoms with Crippen molar-refractivity contribution in [3.63, 3.8) is 0 Å². The van der Waals surface area contributed by atoms with E-state index in [0.29, 0.717) is 19.4 Å². The van der Waals surface area contributed by atoms with Gasteiger partial charge >= 0.3 is 0 Å². The molecule has 1 aliphatic rings. The van der Waals surface area contributed by atoms with Gasteiger partial charge in [0.25, 0.3) is 0 Å². The van der Waals surface area contributed by atoms with Gasteiger partial charge in [-0.1, -0.05) is 36.4 Å². The molecule has 0 fully saturated rings. The number of pyridine rings is 1. The van der Waals surface area contributed by atoms with Crippen molar-refractivity contribution in [1.82, 2.24) is 30.0 Å². The number of carbonyl (C=O) groups excluding carboxylic acids is 1. The summed E-state index contributed by atoms with van der Waals surface area (Å²) in [5, 5.41) is 11.7. The summed E-state index contributed by atoms with van der Waals surface area (Å²) >= 11 is 0. The lowest BCUT2D eigenvalue weighted by Gasteiger charge is -2.17. The van der Waals surface area contributed by atoms with Gasteiger partial charge in [-0.3, -0.25) is 14.7 Å². The summed E-state index contributed by atoms with van der Waals surface area (Å²) in [7, 11) is 1.69. The van der Waals surface area contributed by atoms with Gasteiger partial charge in [-0.05, 0) is 24.1 Å². The lowest BCUT2D eigenvalue weighted by atomic mass is 10.1. The van der Waals surface area contributed by atoms with Crippen LogP contribution in [-0.4, -0.2) is 57.3 Å². The fourth-order valence-corrected chi connectivity index (χ4v) is 3.94. The third-order valence-electron chi connectivity index (χ3n) is 5.80. The number of fused-ring (bicyclic) bond motifs is 1. The number of methoxy groups -OCH3 is 1. The first-order chi connectivity index (χ1) is 16.2. The summed E-state index contributed by atoms with van der Waals surface area (Å²) in [6, 6.07) is 11.9. The maximum Gasteiger partial charge on any atom is 0.220 e. The van der Waals surface area contributed by atoms with Gasteiger partial charge in [-0.25, -0.2) is 0 Å². The molecule has 0 spiro atoms. The van der Waals surface area contributed by atoms with E-state index in [0.717, 1.165) is 61.1 Å². The molecule has 0 bridgehead atoms. The minimum atomic E-state index is 0.00734. The summed E-state index contributed by atoms with van der Waals surface area (Å²) in [4.78, 5) is 18.8. The van der Waals surface area contributed by atoms with Crippen LogP contribution in [0, 0.1) is 0 Å². The van der Waals surface area contributed by atoms with E-state index in [4.69, 9.17) is 4.74 Å². The number of carbonyl (C=O) groups is 1. The minimum Gasteiger partial charge on any atom is -0.496 e. The number of para-hydroxylation sites is 1. The topological polar surface area (TPSA) is 85.2 Å². The Morgan fingerprint density at radius 1 is 1.15 bits per heavy atom. The van der Waals surface area contributed by atoms with E-state index < -0.39 is 0 Å². The number of hydrogen-bond acceptors (Lipinski definition) is 6. The molecule has 0 saturated carbocycles. The number of amides is 1. The second-order valence-electron chi connectivity index (χ2n) is 8.02. The number of nitrogens with zero attached hydrogens (tertiary/aromatic N) is 5. The van der Waals surface area contributed by atoms with E-state index in [2.05, 4.69) is 48.2 Å². The molecule has 172 valence electrons. The van der Waals surface area contributed by atoms with Crippen LogP contribution in [0.2, 0.25) is 0 Å². The highest BCUT2D eigenvalue weighted by molar-refractivity contribution is 5.76. The predicted molar refractivity (Wildman–Crippen MR) is 127 cm³/mol. The molecule has 1 aromatic carbocycles. The molecule has 0 radical (unpaired) electrons. The van der Waals surface area contributed by atoms with E-state index in [1.54, 1.807) is 19.5 Å². The highest BCUT2D eigenvalue weighted by Crippen LogP contribution is 2.18. The molecule has 8 nitrogen and oxygen atoms in total. The Morgan fingerprint density at radius 2 is 2.06 bits per heavy atom. The van der Waals surface area contributed by atoms with Crippen LogP contribution in [0.1, 0.15) is 29.2 Å². The van der Waals surface area contributed by atoms with Gasteiger partial charge in [0.1, 0.15) is 11.6 Å². The maximum absolute atomic E-state index is 12.3. The van der Waals surface area contributed by atoms with Gasteiger partial charge in [0, 0.05) is 57.0 Å². The Hall–Kier alpha value is -3.52. The van der Waals surface area contributed by atoms with Crippen molar-refractivity contribution in [1.29, 1.82) is 0 Å². The van der Waals surface area contributed by atoms with Crippen LogP contribution in [-0.2, 0) is 30.7 Å². The number of benzene rings is 1. The van der Waals surface area contributed by atoms with Crippen molar-refractivity contribution in [2.45, 2.75) is 32.4 Å². The van der Waals surface area contributed by atoms with Crippen molar-refractivity contribution in [2.75, 3.05) is 26.7 Å². The average Bonchev–Trinajstić information content (AvgIpc) is 3.13. The van der Waals surface area contributed by atoms with Gasteiger partial charge < -0.3 is 14.6 Å². The molecular formula is C25H30N6O2. The van der Waals surface area contributed by atoms with Crippen LogP contribution in [0.15, 0.2) is 54.9 Å². The Balaban J connectivity index is 1.26. The monoisotopic (exact) mass is 446 g/mol. The highest BCUT2D eigenvalue weighted by atomic mass is 16.5. The fourth-order valence-electron chi connectivity index (χ4n) is 3.94. The largest absolute Gasteiger partial charge is 0.496 e. The van der Waals surface area contributed by atoms with Gasteiger partial charge in [-0.2, -0.15) is 0 Å². The Bertz CT molecular complexity index is 1080. The molecule has 2 aromatic heterocycles. The molecule has 8 heteroatoms. The van der Waals surface area contributed by atoms with Crippen molar-refractivity contribution in [3.8, 4) is 5.75 Å². The number of ether oxygens (including phenoxy) is 1. The van der Waals surface area contributed by atoms with Crippen LogP contribution in [0.4, 0.5) is 0 Å². The normalized spacial score (nSPS) is 14.1. The summed E-state index contributed by atoms with van der Waals surface area (Å²) in [5.41, 5.74) is 2.14. The molecule has 3 heterocycles. The quantitative estimate of drug-likeness (QED) is 0.544. The van der Waals surface area contributed by atoms with Gasteiger partial charge in [0.15, 0.2) is 5.82 Å². The summed E-state index contributed by atoms with van der Waals surface area (Å²) in [6.07, 6.45) is 9.75. The third kappa shape index (κ3) is 6.26. The zero-order chi connectivity index (χ0) is 22.9. The maximum atomic E-state index is 12.3. The molecule has 4 rings (SSSR count). The molecule has 1 amide bonds. The number of aryl methyl sites for hydroxylation is 1. The molecule has 0 saturated heterocycles. The zero-order valence-corrected chi connectivity index (χ0v) is 19.0. The van der Waals surface area contributed by atoms with Crippen LogP contribution >= 0.6 is 0 Å². The van der Waals surface area contributed by atoms with E-state index in [1.165, 1.54) is 0 Å². The van der Waals surface area contributed by atoms with E-state index in [1.807, 2.05) is 30.3 Å². The first kappa shape index (κ1) is 22.7. The Kier molecular flexibility index (Phi) is 7.81. The van der Waals surface area contributed by atoms with Crippen LogP contribution in [0.5, 0.6) is 5.75 Å². The van der Waals surface area contributed by atoms with Crippen molar-refractivity contribution in [3.05, 3.63) is 77.6 Å². The van der Waals surface area contributed by atoms with Crippen LogP contribution in [0.3, 0.4) is 0 Å². The highest BCUT2D eigenvalue weighted by Gasteiger charge is 2.18. The molecule has 1 aliphatic heterocycles. The minimum absolute atomic E-state index is 0.00734. The molecule has 33 heavy (non-hydrogen) atoms. The summed E-state index contributed by atoms with van der Waals surface area (Å²) < 4.78 is 7.56.